The number of nitrogens with zero attached hydrogens (tertiary/aromatic N) is 2. The van der Waals surface area contributed by atoms with E-state index in [1.165, 1.54) is 0 Å². The van der Waals surface area contributed by atoms with Crippen molar-refractivity contribution in [3.63, 3.8) is 0 Å². The lowest BCUT2D eigenvalue weighted by molar-refractivity contribution is 0.296. The predicted molar refractivity (Wildman–Crippen MR) is 95.1 cm³/mol. The highest BCUT2D eigenvalue weighted by Gasteiger charge is 2.09. The highest BCUT2D eigenvalue weighted by Crippen LogP contribution is 2.25. The van der Waals surface area contributed by atoms with Gasteiger partial charge >= 0.3 is 0 Å². The number of hydrogen-bond donors (Lipinski definition) is 1. The molecule has 0 amide bonds. The quantitative estimate of drug-likeness (QED) is 0.636. The van der Waals surface area contributed by atoms with Gasteiger partial charge in [-0.3, -0.25) is 0 Å². The van der Waals surface area contributed by atoms with Gasteiger partial charge in [-0.15, -0.1) is 11.3 Å². The van der Waals surface area contributed by atoms with Crippen LogP contribution >= 0.6 is 33.9 Å². The van der Waals surface area contributed by atoms with Gasteiger partial charge in [-0.25, -0.2) is 9.97 Å². The second-order valence-corrected chi connectivity index (χ2v) is 6.54. The molecule has 0 spiro atoms. The molecule has 21 heavy (non-hydrogen) atoms. The predicted octanol–water partition coefficient (Wildman–Crippen LogP) is 4.31. The van der Waals surface area contributed by atoms with Crippen LogP contribution in [0.4, 0.5) is 5.82 Å². The second-order valence-electron chi connectivity index (χ2n) is 4.40. The smallest absolute Gasteiger partial charge is 0.169 e. The van der Waals surface area contributed by atoms with Crippen LogP contribution in [-0.4, -0.2) is 16.5 Å². The largest absolute Gasteiger partial charge is 0.486 e. The Hall–Kier alpha value is -1.41. The fourth-order valence-electron chi connectivity index (χ4n) is 1.97. The summed E-state index contributed by atoms with van der Waals surface area (Å²) in [6.07, 6.45) is 0. The van der Waals surface area contributed by atoms with Gasteiger partial charge in [0.2, 0.25) is 0 Å². The molecule has 0 saturated heterocycles. The first-order valence-electron chi connectivity index (χ1n) is 6.62. The van der Waals surface area contributed by atoms with Crippen molar-refractivity contribution in [1.29, 1.82) is 0 Å². The highest BCUT2D eigenvalue weighted by molar-refractivity contribution is 14.1. The number of aromatic nitrogens is 2. The van der Waals surface area contributed by atoms with Crippen LogP contribution in [0.2, 0.25) is 0 Å². The first-order chi connectivity index (χ1) is 10.3. The van der Waals surface area contributed by atoms with Gasteiger partial charge in [-0.2, -0.15) is 0 Å². The van der Waals surface area contributed by atoms with Gasteiger partial charge in [0.25, 0.3) is 0 Å². The highest BCUT2D eigenvalue weighted by atomic mass is 127. The maximum Gasteiger partial charge on any atom is 0.169 e. The molecule has 2 aromatic heterocycles. The van der Waals surface area contributed by atoms with Gasteiger partial charge in [-0.05, 0) is 59.2 Å². The minimum Gasteiger partial charge on any atom is -0.486 e. The van der Waals surface area contributed by atoms with Crippen LogP contribution in [0, 0.1) is 3.57 Å². The molecule has 0 radical (unpaired) electrons. The van der Waals surface area contributed by atoms with E-state index in [0.717, 1.165) is 31.9 Å². The Morgan fingerprint density at radius 3 is 3.00 bits per heavy atom. The number of benzene rings is 1. The Morgan fingerprint density at radius 2 is 2.19 bits per heavy atom. The third-order valence-electron chi connectivity index (χ3n) is 2.88. The van der Waals surface area contributed by atoms with Gasteiger partial charge in [0.05, 0.1) is 5.39 Å². The van der Waals surface area contributed by atoms with Crippen LogP contribution in [-0.2, 0) is 6.61 Å². The topological polar surface area (TPSA) is 47.0 Å². The molecule has 6 heteroatoms. The fourth-order valence-corrected chi connectivity index (χ4v) is 3.27. The van der Waals surface area contributed by atoms with Crippen molar-refractivity contribution < 1.29 is 4.74 Å². The number of hydrogen-bond acceptors (Lipinski definition) is 5. The van der Waals surface area contributed by atoms with Crippen LogP contribution in [0.3, 0.4) is 0 Å². The van der Waals surface area contributed by atoms with Crippen molar-refractivity contribution in [3.05, 3.63) is 45.1 Å². The van der Waals surface area contributed by atoms with Gasteiger partial charge < -0.3 is 10.1 Å². The number of nitrogens with one attached hydrogen (secondary N) is 1. The number of ether oxygens (including phenoxy) is 1. The summed E-state index contributed by atoms with van der Waals surface area (Å²) in [5.74, 6) is 2.41. The molecule has 0 aliphatic carbocycles. The molecule has 108 valence electrons. The van der Waals surface area contributed by atoms with Gasteiger partial charge in [0.1, 0.15) is 23.0 Å². The van der Waals surface area contributed by atoms with Crippen LogP contribution in [0.25, 0.3) is 10.2 Å². The van der Waals surface area contributed by atoms with Crippen molar-refractivity contribution >= 4 is 50.0 Å². The molecule has 1 N–H and O–H groups in total. The minimum atomic E-state index is 0.367. The number of rotatable bonds is 5. The molecule has 3 aromatic rings. The van der Waals surface area contributed by atoms with E-state index in [4.69, 9.17) is 4.74 Å². The molecule has 1 aromatic carbocycles. The molecule has 0 bridgehead atoms. The van der Waals surface area contributed by atoms with Gasteiger partial charge in [0.15, 0.2) is 5.82 Å². The fraction of sp³-hybridized carbons (Fsp3) is 0.200. The number of anilines is 1. The van der Waals surface area contributed by atoms with Gasteiger partial charge in [0, 0.05) is 10.1 Å². The lowest BCUT2D eigenvalue weighted by Crippen LogP contribution is -2.06. The summed E-state index contributed by atoms with van der Waals surface area (Å²) >= 11 is 3.88. The van der Waals surface area contributed by atoms with Crippen molar-refractivity contribution in [3.8, 4) is 5.75 Å². The van der Waals surface area contributed by atoms with Crippen LogP contribution in [0.5, 0.6) is 5.75 Å². The standard InChI is InChI=1S/C15H14IN3OS/c1-2-17-14-12-6-7-21-15(12)19-13(18-14)9-20-11-5-3-4-10(16)8-11/h3-8H,2,9H2,1H3,(H,17,18,19). The first-order valence-corrected chi connectivity index (χ1v) is 8.58. The lowest BCUT2D eigenvalue weighted by Gasteiger charge is -2.08. The Balaban J connectivity index is 1.83. The molecular weight excluding hydrogens is 397 g/mol. The number of thiophene rings is 1. The average molecular weight is 411 g/mol. The van der Waals surface area contributed by atoms with Crippen molar-refractivity contribution in [1.82, 2.24) is 9.97 Å². The first kappa shape index (κ1) is 14.5. The summed E-state index contributed by atoms with van der Waals surface area (Å²) in [6.45, 7) is 3.26. The molecule has 0 fully saturated rings. The molecule has 0 saturated carbocycles. The van der Waals surface area contributed by atoms with Crippen molar-refractivity contribution in [2.45, 2.75) is 13.5 Å². The second kappa shape index (κ2) is 6.57. The Labute approximate surface area is 140 Å². The Morgan fingerprint density at radius 1 is 1.29 bits per heavy atom. The molecule has 2 heterocycles. The van der Waals surface area contributed by atoms with Crippen LogP contribution in [0.15, 0.2) is 35.7 Å². The molecule has 4 nitrogen and oxygen atoms in total. The molecule has 3 rings (SSSR count). The van der Waals surface area contributed by atoms with E-state index in [0.29, 0.717) is 12.4 Å². The average Bonchev–Trinajstić information content (AvgIpc) is 2.94. The minimum absolute atomic E-state index is 0.367. The third-order valence-corrected chi connectivity index (χ3v) is 4.36. The Kier molecular flexibility index (Phi) is 4.54. The molecule has 0 atom stereocenters. The molecule has 0 aliphatic heterocycles. The summed E-state index contributed by atoms with van der Waals surface area (Å²) in [5.41, 5.74) is 0. The van der Waals surface area contributed by atoms with Crippen LogP contribution < -0.4 is 10.1 Å². The number of halogens is 1. The SMILES string of the molecule is CCNc1nc(COc2cccc(I)c2)nc2sccc12. The summed E-state index contributed by atoms with van der Waals surface area (Å²) in [6, 6.07) is 9.99. The summed E-state index contributed by atoms with van der Waals surface area (Å²) < 4.78 is 6.92. The van der Waals surface area contributed by atoms with Crippen molar-refractivity contribution in [2.75, 3.05) is 11.9 Å². The zero-order chi connectivity index (χ0) is 14.7. The zero-order valence-electron chi connectivity index (χ0n) is 11.5. The van der Waals surface area contributed by atoms with E-state index in [2.05, 4.69) is 44.8 Å². The maximum atomic E-state index is 5.78. The van der Waals surface area contributed by atoms with Crippen molar-refractivity contribution in [2.24, 2.45) is 0 Å². The third kappa shape index (κ3) is 3.44. The summed E-state index contributed by atoms with van der Waals surface area (Å²) in [7, 11) is 0. The van der Waals surface area contributed by atoms with E-state index in [-0.39, 0.29) is 0 Å². The van der Waals surface area contributed by atoms with E-state index >= 15 is 0 Å². The molecule has 0 aliphatic rings. The van der Waals surface area contributed by atoms with E-state index in [1.54, 1.807) is 11.3 Å². The normalized spacial score (nSPS) is 10.8. The monoisotopic (exact) mass is 411 g/mol. The van der Waals surface area contributed by atoms with Crippen LogP contribution in [0.1, 0.15) is 12.7 Å². The maximum absolute atomic E-state index is 5.78. The Bertz CT molecular complexity index is 760. The summed E-state index contributed by atoms with van der Waals surface area (Å²) in [4.78, 5) is 10.1. The molecule has 0 unspecified atom stereocenters. The van der Waals surface area contributed by atoms with E-state index < -0.39 is 0 Å². The van der Waals surface area contributed by atoms with Gasteiger partial charge in [-0.1, -0.05) is 6.07 Å². The zero-order valence-corrected chi connectivity index (χ0v) is 14.4. The molecular formula is C15H14IN3OS. The van der Waals surface area contributed by atoms with E-state index in [9.17, 15) is 0 Å². The lowest BCUT2D eigenvalue weighted by atomic mass is 10.3. The van der Waals surface area contributed by atoms with E-state index in [1.807, 2.05) is 35.7 Å². The summed E-state index contributed by atoms with van der Waals surface area (Å²) in [5, 5.41) is 6.38. The number of fused-ring (bicyclic) bond motifs is 1.